The Balaban J connectivity index is -0.000000245. The van der Waals surface area contributed by atoms with Gasteiger partial charge in [-0.2, -0.15) is 0 Å². The van der Waals surface area contributed by atoms with Crippen LogP contribution in [0.2, 0.25) is 0 Å². The summed E-state index contributed by atoms with van der Waals surface area (Å²) in [5, 5.41) is 18.8. The van der Waals surface area contributed by atoms with Crippen LogP contribution in [0.25, 0.3) is 0 Å². The van der Waals surface area contributed by atoms with Crippen molar-refractivity contribution in [3.63, 3.8) is 0 Å². The molecule has 44 valence electrons. The van der Waals surface area contributed by atoms with Gasteiger partial charge < -0.3 is 19.8 Å². The van der Waals surface area contributed by atoms with Gasteiger partial charge in [0, 0.05) is 0 Å². The number of carboxylic acids is 2. The molecule has 0 aliphatic carbocycles. The van der Waals surface area contributed by atoms with E-state index >= 15 is 0 Å². The standard InChI is InChI=1S/C4H4O4.Li.Na/c5-3(6)1-2-4(7)8;;/h1-2H,(H,5,6)(H,7,8);;/q;2*+1/p-2/b2-1-;;. The maximum atomic E-state index is 9.41. The number of aliphatic carboxylic acids is 2. The maximum absolute atomic E-state index is 9.41. The fourth-order valence-electron chi connectivity index (χ4n) is 0.136. The van der Waals surface area contributed by atoms with E-state index in [-0.39, 0.29) is 48.4 Å². The fraction of sp³-hybridized carbons (Fsp3) is 0. The van der Waals surface area contributed by atoms with E-state index in [0.717, 1.165) is 0 Å². The molecule has 6 heteroatoms. The normalized spacial score (nSPS) is 7.60. The third-order valence-corrected chi connectivity index (χ3v) is 0.355. The zero-order chi connectivity index (χ0) is 6.57. The molecule has 0 N–H and O–H groups in total. The van der Waals surface area contributed by atoms with Crippen LogP contribution in [-0.4, -0.2) is 11.9 Å². The maximum Gasteiger partial charge on any atom is 1.00 e. The number of carbonyl (C=O) groups excluding carboxylic acids is 2. The average Bonchev–Trinajstić information content (AvgIpc) is 1.61. The minimum atomic E-state index is -1.55. The Hall–Kier alpha value is 0.277. The summed E-state index contributed by atoms with van der Waals surface area (Å²) in [5.41, 5.74) is 0. The van der Waals surface area contributed by atoms with E-state index in [2.05, 4.69) is 0 Å². The summed E-state index contributed by atoms with van der Waals surface area (Å²) in [5.74, 6) is -3.09. The number of carbonyl (C=O) groups is 2. The Kier molecular flexibility index (Phi) is 15.5. The molecule has 0 saturated carbocycles. The summed E-state index contributed by atoms with van der Waals surface area (Å²) < 4.78 is 0. The van der Waals surface area contributed by atoms with Crippen molar-refractivity contribution in [2.75, 3.05) is 0 Å². The van der Waals surface area contributed by atoms with Crippen LogP contribution in [0.4, 0.5) is 0 Å². The minimum Gasteiger partial charge on any atom is -0.545 e. The summed E-state index contributed by atoms with van der Waals surface area (Å²) in [6.07, 6.45) is 0.769. The third-order valence-electron chi connectivity index (χ3n) is 0.355. The van der Waals surface area contributed by atoms with Crippen LogP contribution >= 0.6 is 0 Å². The van der Waals surface area contributed by atoms with E-state index in [0.29, 0.717) is 12.2 Å². The number of rotatable bonds is 2. The first-order valence-electron chi connectivity index (χ1n) is 1.73. The van der Waals surface area contributed by atoms with Crippen molar-refractivity contribution in [3.8, 4) is 0 Å². The van der Waals surface area contributed by atoms with Crippen LogP contribution in [0.1, 0.15) is 0 Å². The summed E-state index contributed by atoms with van der Waals surface area (Å²) in [6.45, 7) is 0. The molecule has 0 heterocycles. The molecule has 0 fully saturated rings. The molecule has 0 aliphatic rings. The molecule has 0 aromatic heterocycles. The van der Waals surface area contributed by atoms with Crippen LogP contribution in [0.15, 0.2) is 12.2 Å². The Morgan fingerprint density at radius 2 is 1.20 bits per heavy atom. The van der Waals surface area contributed by atoms with Crippen molar-refractivity contribution in [1.29, 1.82) is 0 Å². The molecule has 0 atom stereocenters. The summed E-state index contributed by atoms with van der Waals surface area (Å²) in [6, 6.07) is 0. The van der Waals surface area contributed by atoms with Gasteiger partial charge in [-0.25, -0.2) is 0 Å². The van der Waals surface area contributed by atoms with Gasteiger partial charge in [0.15, 0.2) is 0 Å². The van der Waals surface area contributed by atoms with E-state index in [1.807, 2.05) is 0 Å². The van der Waals surface area contributed by atoms with Gasteiger partial charge in [0.2, 0.25) is 0 Å². The van der Waals surface area contributed by atoms with Crippen LogP contribution in [0, 0.1) is 0 Å². The molecule has 0 rings (SSSR count). The summed E-state index contributed by atoms with van der Waals surface area (Å²) in [4.78, 5) is 18.8. The molecule has 0 aliphatic heterocycles. The Morgan fingerprint density at radius 1 is 1.00 bits per heavy atom. The molecular weight excluding hydrogens is 142 g/mol. The second-order valence-corrected chi connectivity index (χ2v) is 0.971. The Morgan fingerprint density at radius 3 is 1.30 bits per heavy atom. The van der Waals surface area contributed by atoms with Crippen molar-refractivity contribution in [1.82, 2.24) is 0 Å². The van der Waals surface area contributed by atoms with Crippen LogP contribution in [0.5, 0.6) is 0 Å². The molecular formula is C4H2LiNaO4. The molecule has 0 aromatic rings. The van der Waals surface area contributed by atoms with Gasteiger partial charge in [-0.3, -0.25) is 0 Å². The molecule has 0 aromatic carbocycles. The van der Waals surface area contributed by atoms with Gasteiger partial charge >= 0.3 is 48.4 Å². The van der Waals surface area contributed by atoms with E-state index < -0.39 is 11.9 Å². The molecule has 10 heavy (non-hydrogen) atoms. The quantitative estimate of drug-likeness (QED) is 0.284. The molecule has 0 bridgehead atoms. The first kappa shape index (κ1) is 16.7. The van der Waals surface area contributed by atoms with Crippen molar-refractivity contribution in [2.45, 2.75) is 0 Å². The topological polar surface area (TPSA) is 80.3 Å². The van der Waals surface area contributed by atoms with E-state index in [4.69, 9.17) is 0 Å². The van der Waals surface area contributed by atoms with Crippen molar-refractivity contribution >= 4 is 11.9 Å². The van der Waals surface area contributed by atoms with E-state index in [1.54, 1.807) is 0 Å². The molecule has 0 radical (unpaired) electrons. The molecule has 0 unspecified atom stereocenters. The third kappa shape index (κ3) is 15.7. The average molecular weight is 144 g/mol. The molecule has 0 saturated heterocycles. The van der Waals surface area contributed by atoms with Crippen LogP contribution in [0.3, 0.4) is 0 Å². The van der Waals surface area contributed by atoms with Crippen molar-refractivity contribution in [3.05, 3.63) is 12.2 Å². The number of carboxylic acid groups (broad SMARTS) is 2. The van der Waals surface area contributed by atoms with Crippen molar-refractivity contribution < 1.29 is 68.2 Å². The Labute approximate surface area is 91.8 Å². The first-order chi connectivity index (χ1) is 3.63. The van der Waals surface area contributed by atoms with Crippen LogP contribution in [-0.2, 0) is 9.59 Å². The number of hydrogen-bond acceptors (Lipinski definition) is 4. The van der Waals surface area contributed by atoms with Gasteiger partial charge in [0.25, 0.3) is 0 Å². The number of hydrogen-bond donors (Lipinski definition) is 0. The minimum absolute atomic E-state index is 0. The van der Waals surface area contributed by atoms with Crippen molar-refractivity contribution in [2.24, 2.45) is 0 Å². The zero-order valence-corrected chi connectivity index (χ0v) is 7.79. The molecule has 0 amide bonds. The second kappa shape index (κ2) is 9.28. The molecule has 4 nitrogen and oxygen atoms in total. The van der Waals surface area contributed by atoms with Gasteiger partial charge in [-0.15, -0.1) is 0 Å². The van der Waals surface area contributed by atoms with E-state index in [1.165, 1.54) is 0 Å². The SMILES string of the molecule is O=C([O-])/C=C\C(=O)[O-].[Li+].[Na+]. The summed E-state index contributed by atoms with van der Waals surface area (Å²) in [7, 11) is 0. The Bertz CT molecular complexity index is 128. The smallest absolute Gasteiger partial charge is 0.545 e. The largest absolute Gasteiger partial charge is 1.00 e. The van der Waals surface area contributed by atoms with E-state index in [9.17, 15) is 19.8 Å². The predicted octanol–water partition coefficient (Wildman–Crippen LogP) is -8.95. The predicted molar refractivity (Wildman–Crippen MR) is 19.2 cm³/mol. The van der Waals surface area contributed by atoms with Crippen LogP contribution < -0.4 is 58.6 Å². The van der Waals surface area contributed by atoms with Gasteiger partial charge in [0.1, 0.15) is 0 Å². The zero-order valence-electron chi connectivity index (χ0n) is 5.79. The summed E-state index contributed by atoms with van der Waals surface area (Å²) >= 11 is 0. The second-order valence-electron chi connectivity index (χ2n) is 0.971. The fourth-order valence-corrected chi connectivity index (χ4v) is 0.136. The monoisotopic (exact) mass is 144 g/mol. The van der Waals surface area contributed by atoms with Gasteiger partial charge in [-0.05, 0) is 12.2 Å². The first-order valence-corrected chi connectivity index (χ1v) is 1.73. The van der Waals surface area contributed by atoms with Gasteiger partial charge in [-0.1, -0.05) is 0 Å². The molecule has 0 spiro atoms. The van der Waals surface area contributed by atoms with Gasteiger partial charge in [0.05, 0.1) is 11.9 Å².